The Kier molecular flexibility index (Phi) is 14.2. The monoisotopic (exact) mass is 719 g/mol. The summed E-state index contributed by atoms with van der Waals surface area (Å²) >= 11 is 1.73. The molecular weight excluding hydrogens is 671 g/mol. The second kappa shape index (κ2) is 18.7. The first-order valence-corrected chi connectivity index (χ1v) is 18.1. The molecule has 272 valence electrons. The fourth-order valence-electron chi connectivity index (χ4n) is 4.40. The molecule has 8 heteroatoms. The molecule has 7 nitrogen and oxygen atoms in total. The smallest absolute Gasteiger partial charge is 0.343 e. The predicted molar refractivity (Wildman–Crippen MR) is 213 cm³/mol. The van der Waals surface area contributed by atoms with E-state index in [1.54, 1.807) is 59.9 Å². The quantitative estimate of drug-likeness (QED) is 0.0489. The Hall–Kier alpha value is -5.39. The molecule has 0 bridgehead atoms. The molecular formula is C44H49NO6S. The Morgan fingerprint density at radius 1 is 0.885 bits per heavy atom. The van der Waals surface area contributed by atoms with Gasteiger partial charge in [-0.05, 0) is 130 Å². The molecule has 0 aliphatic carbocycles. The van der Waals surface area contributed by atoms with Gasteiger partial charge in [-0.1, -0.05) is 32.9 Å². The first kappa shape index (κ1) is 39.4. The summed E-state index contributed by atoms with van der Waals surface area (Å²) < 4.78 is 23.5. The lowest BCUT2D eigenvalue weighted by molar-refractivity contribution is -0.129. The molecule has 1 heterocycles. The number of aromatic nitrogens is 1. The maximum absolute atomic E-state index is 12.3. The molecule has 1 atom stereocenters. The number of fused-ring (bicyclic) bond motifs is 1. The van der Waals surface area contributed by atoms with Crippen molar-refractivity contribution in [1.29, 1.82) is 0 Å². The van der Waals surface area contributed by atoms with E-state index in [2.05, 4.69) is 56.2 Å². The molecule has 0 fully saturated rings. The van der Waals surface area contributed by atoms with Gasteiger partial charge in [-0.3, -0.25) is 4.79 Å². The van der Waals surface area contributed by atoms with Gasteiger partial charge in [0.05, 0.1) is 21.7 Å². The molecule has 0 radical (unpaired) electrons. The number of aryl methyl sites for hydroxylation is 1. The number of esters is 1. The number of carbonyl (C=O) groups excluding carboxylic acids is 2. The summed E-state index contributed by atoms with van der Waals surface area (Å²) in [5, 5.41) is 1.05. The van der Waals surface area contributed by atoms with Crippen LogP contribution < -0.4 is 18.9 Å². The highest BCUT2D eigenvalue weighted by Crippen LogP contribution is 2.32. The number of allylic oxidation sites excluding steroid dienone is 1. The number of Topliss-reactive ketones (excluding diaryl/α,β-unsaturated/α-hetero) is 1. The molecule has 0 saturated carbocycles. The standard InChI is InChI=1S/C25H28O5.C19H19NOS.H2/c1-6-18(3)16-28-20-10-8-19(9-11-20)24(27)30-22-14-12-21(13-15-22)29-17-23(26)25(4,5)7-2;1-4-13(2)12-21-16-8-6-15(7-9-16)19-20-17-10-5-14(3)11-18(17)22-19;/h1,8-15,18H,7,16-17H2,2-5H3;4-11H,12H2,1-3H3;1H. The highest BCUT2D eigenvalue weighted by molar-refractivity contribution is 7.21. The molecule has 1 aromatic heterocycles. The normalized spacial score (nSPS) is 11.8. The zero-order valence-corrected chi connectivity index (χ0v) is 31.8. The van der Waals surface area contributed by atoms with Gasteiger partial charge < -0.3 is 18.9 Å². The lowest BCUT2D eigenvalue weighted by atomic mass is 9.86. The second-order valence-corrected chi connectivity index (χ2v) is 14.2. The van der Waals surface area contributed by atoms with Crippen molar-refractivity contribution in [1.82, 2.24) is 4.98 Å². The van der Waals surface area contributed by atoms with Crippen LogP contribution in [0.1, 0.15) is 65.3 Å². The molecule has 0 amide bonds. The van der Waals surface area contributed by atoms with Gasteiger partial charge in [-0.25, -0.2) is 9.78 Å². The zero-order valence-electron chi connectivity index (χ0n) is 31.0. The summed E-state index contributed by atoms with van der Waals surface area (Å²) in [7, 11) is 0. The van der Waals surface area contributed by atoms with Crippen molar-refractivity contribution in [3.63, 3.8) is 0 Å². The molecule has 0 N–H and O–H groups in total. The fraction of sp³-hybridized carbons (Fsp3) is 0.295. The average molecular weight is 720 g/mol. The highest BCUT2D eigenvalue weighted by atomic mass is 32.1. The SMILES string of the molecule is C#CC(C)COc1ccc(C(=O)Oc2ccc(OCC(=O)C(C)(C)CC)cc2)cc1.CC=C(C)COc1ccc(-c2nc3ccc(C)cc3s2)cc1.[HH]. The van der Waals surface area contributed by atoms with Gasteiger partial charge in [-0.15, -0.1) is 23.7 Å². The molecule has 52 heavy (non-hydrogen) atoms. The van der Waals surface area contributed by atoms with Gasteiger partial charge in [0.15, 0.2) is 5.78 Å². The lowest BCUT2D eigenvalue weighted by Crippen LogP contribution is -2.28. The summed E-state index contributed by atoms with van der Waals surface area (Å²) in [6.45, 7) is 14.9. The minimum Gasteiger partial charge on any atom is -0.492 e. The number of ether oxygens (including phenoxy) is 4. The number of rotatable bonds is 14. The van der Waals surface area contributed by atoms with Crippen LogP contribution in [0.3, 0.4) is 0 Å². The fourth-order valence-corrected chi connectivity index (χ4v) is 5.47. The number of carbonyl (C=O) groups is 2. The van der Waals surface area contributed by atoms with Crippen LogP contribution >= 0.6 is 11.3 Å². The first-order chi connectivity index (χ1) is 24.9. The van der Waals surface area contributed by atoms with Crippen molar-refractivity contribution < 1.29 is 30.0 Å². The summed E-state index contributed by atoms with van der Waals surface area (Å²) in [5.74, 6) is 4.62. The van der Waals surface area contributed by atoms with Crippen LogP contribution in [0.2, 0.25) is 0 Å². The van der Waals surface area contributed by atoms with Gasteiger partial charge >= 0.3 is 5.97 Å². The van der Waals surface area contributed by atoms with E-state index in [0.717, 1.165) is 28.3 Å². The minimum atomic E-state index is -0.480. The van der Waals surface area contributed by atoms with E-state index >= 15 is 0 Å². The summed E-state index contributed by atoms with van der Waals surface area (Å²) in [5.41, 5.74) is 4.69. The predicted octanol–water partition coefficient (Wildman–Crippen LogP) is 10.8. The van der Waals surface area contributed by atoms with Crippen molar-refractivity contribution >= 4 is 33.3 Å². The van der Waals surface area contributed by atoms with Crippen molar-refractivity contribution in [2.24, 2.45) is 11.3 Å². The molecule has 0 saturated heterocycles. The lowest BCUT2D eigenvalue weighted by Gasteiger charge is -2.20. The van der Waals surface area contributed by atoms with Crippen molar-refractivity contribution in [3.05, 3.63) is 114 Å². The maximum Gasteiger partial charge on any atom is 0.343 e. The number of terminal acetylenes is 1. The maximum atomic E-state index is 12.3. The number of hydrogen-bond donors (Lipinski definition) is 0. The Balaban J connectivity index is 0.000000292. The number of nitrogens with zero attached hydrogens (tertiary/aromatic N) is 1. The number of thiazole rings is 1. The Morgan fingerprint density at radius 3 is 2.08 bits per heavy atom. The molecule has 4 aromatic carbocycles. The first-order valence-electron chi connectivity index (χ1n) is 17.3. The van der Waals surface area contributed by atoms with Crippen molar-refractivity contribution in [3.8, 4) is 45.9 Å². The van der Waals surface area contributed by atoms with E-state index < -0.39 is 11.4 Å². The van der Waals surface area contributed by atoms with E-state index in [-0.39, 0.29) is 19.7 Å². The number of benzene rings is 4. The highest BCUT2D eigenvalue weighted by Gasteiger charge is 2.25. The molecule has 5 aromatic rings. The summed E-state index contributed by atoms with van der Waals surface area (Å²) in [6.07, 6.45) is 8.14. The van der Waals surface area contributed by atoms with E-state index in [1.807, 2.05) is 46.8 Å². The molecule has 0 spiro atoms. The van der Waals surface area contributed by atoms with Gasteiger partial charge in [0.2, 0.25) is 0 Å². The molecule has 0 aliphatic rings. The van der Waals surface area contributed by atoms with E-state index in [0.29, 0.717) is 36.0 Å². The topological polar surface area (TPSA) is 84.0 Å². The molecule has 5 rings (SSSR count). The van der Waals surface area contributed by atoms with Crippen LogP contribution in [0.5, 0.6) is 23.0 Å². The van der Waals surface area contributed by atoms with Crippen LogP contribution in [0, 0.1) is 30.6 Å². The van der Waals surface area contributed by atoms with E-state index in [9.17, 15) is 9.59 Å². The van der Waals surface area contributed by atoms with Crippen molar-refractivity contribution in [2.75, 3.05) is 19.8 Å². The van der Waals surface area contributed by atoms with Gasteiger partial charge in [0.1, 0.15) is 47.8 Å². The Bertz CT molecular complexity index is 2010. The van der Waals surface area contributed by atoms with Gasteiger partial charge in [-0.2, -0.15) is 0 Å². The minimum absolute atomic E-state index is 0. The molecule has 1 unspecified atom stereocenters. The Morgan fingerprint density at radius 2 is 1.46 bits per heavy atom. The van der Waals surface area contributed by atoms with Crippen LogP contribution in [0.4, 0.5) is 0 Å². The second-order valence-electron chi connectivity index (χ2n) is 13.2. The summed E-state index contributed by atoms with van der Waals surface area (Å²) in [6, 6.07) is 27.8. The average Bonchev–Trinajstić information content (AvgIpc) is 3.59. The third-order valence-corrected chi connectivity index (χ3v) is 9.59. The van der Waals surface area contributed by atoms with Crippen molar-refractivity contribution in [2.45, 2.75) is 54.9 Å². The van der Waals surface area contributed by atoms with Crippen LogP contribution in [-0.2, 0) is 4.79 Å². The van der Waals surface area contributed by atoms with Gasteiger partial charge in [0, 0.05) is 12.4 Å². The number of hydrogen-bond acceptors (Lipinski definition) is 8. The van der Waals surface area contributed by atoms with Crippen LogP contribution in [-0.4, -0.2) is 36.6 Å². The van der Waals surface area contributed by atoms with Crippen LogP contribution in [0.15, 0.2) is 103 Å². The van der Waals surface area contributed by atoms with Gasteiger partial charge in [0.25, 0.3) is 0 Å². The third-order valence-electron chi connectivity index (χ3n) is 8.52. The van der Waals surface area contributed by atoms with E-state index in [4.69, 9.17) is 30.4 Å². The third kappa shape index (κ3) is 11.6. The van der Waals surface area contributed by atoms with E-state index in [1.165, 1.54) is 15.8 Å². The number of ketones is 1. The Labute approximate surface area is 313 Å². The zero-order chi connectivity index (χ0) is 37.7. The van der Waals surface area contributed by atoms with Crippen LogP contribution in [0.25, 0.3) is 20.8 Å². The largest absolute Gasteiger partial charge is 0.492 e. The summed E-state index contributed by atoms with van der Waals surface area (Å²) in [4.78, 5) is 29.2. The molecule has 0 aliphatic heterocycles.